The zero-order valence-corrected chi connectivity index (χ0v) is 21.0. The Morgan fingerprint density at radius 2 is 1.97 bits per heavy atom. The summed E-state index contributed by atoms with van der Waals surface area (Å²) < 4.78 is 5.71. The number of thiophene rings is 1. The van der Waals surface area contributed by atoms with Crippen molar-refractivity contribution in [1.82, 2.24) is 20.7 Å². The number of rotatable bonds is 9. The van der Waals surface area contributed by atoms with Gasteiger partial charge in [0.2, 0.25) is 5.91 Å². The average molecular weight is 494 g/mol. The van der Waals surface area contributed by atoms with E-state index in [-0.39, 0.29) is 5.91 Å². The first-order valence-corrected chi connectivity index (χ1v) is 13.6. The summed E-state index contributed by atoms with van der Waals surface area (Å²) in [5, 5.41) is 13.0. The molecule has 186 valence electrons. The van der Waals surface area contributed by atoms with Crippen molar-refractivity contribution < 1.29 is 9.32 Å². The number of hydrogen-bond donors (Lipinski definition) is 2. The number of carbonyl (C=O) groups is 1. The van der Waals surface area contributed by atoms with Gasteiger partial charge in [0.1, 0.15) is 0 Å². The third-order valence-electron chi connectivity index (χ3n) is 7.20. The number of benzene rings is 1. The van der Waals surface area contributed by atoms with Crippen LogP contribution in [0.15, 0.2) is 58.4 Å². The molecule has 7 nitrogen and oxygen atoms in total. The van der Waals surface area contributed by atoms with Crippen molar-refractivity contribution in [2.24, 2.45) is 11.8 Å². The van der Waals surface area contributed by atoms with E-state index in [0.29, 0.717) is 24.8 Å². The topological polar surface area (TPSA) is 73.6 Å². The lowest BCUT2D eigenvalue weighted by atomic mass is 9.81. The second-order valence-electron chi connectivity index (χ2n) is 9.66. The summed E-state index contributed by atoms with van der Waals surface area (Å²) in [6.45, 7) is 7.39. The average Bonchev–Trinajstić information content (AvgIpc) is 3.57. The third-order valence-corrected chi connectivity index (χ3v) is 8.08. The van der Waals surface area contributed by atoms with Crippen LogP contribution in [0.5, 0.6) is 0 Å². The van der Waals surface area contributed by atoms with E-state index < -0.39 is 0 Å². The second kappa shape index (κ2) is 11.8. The second-order valence-corrected chi connectivity index (χ2v) is 10.7. The first kappa shape index (κ1) is 24.0. The minimum atomic E-state index is 0.144. The molecule has 2 aliphatic rings. The number of para-hydroxylation sites is 1. The SMILES string of the molecule is O=C(C[C@@H]1CCNC[C@H]1Cc1cc(CN2CCN(c3ccccc3)CC2)on1)NCc1cccs1. The van der Waals surface area contributed by atoms with Gasteiger partial charge in [0.25, 0.3) is 0 Å². The molecule has 2 N–H and O–H groups in total. The van der Waals surface area contributed by atoms with Crippen LogP contribution in [-0.4, -0.2) is 55.2 Å². The standard InChI is InChI=1S/C27H35N5O2S/c33-27(29-19-26-7-4-14-35-26)16-21-8-9-28-18-22(21)15-23-17-25(34-30-23)20-31-10-12-32(13-11-31)24-5-2-1-3-6-24/h1-7,14,17,21-22,28H,8-13,15-16,18-20H2,(H,29,33)/t21-,22+/m0/s1. The van der Waals surface area contributed by atoms with Crippen LogP contribution in [0.25, 0.3) is 0 Å². The van der Waals surface area contributed by atoms with Gasteiger partial charge < -0.3 is 20.1 Å². The van der Waals surface area contributed by atoms with Crippen LogP contribution >= 0.6 is 11.3 Å². The van der Waals surface area contributed by atoms with Crippen LogP contribution in [0, 0.1) is 11.8 Å². The van der Waals surface area contributed by atoms with Crippen LogP contribution in [0.3, 0.4) is 0 Å². The highest BCUT2D eigenvalue weighted by molar-refractivity contribution is 7.09. The van der Waals surface area contributed by atoms with Gasteiger partial charge in [-0.3, -0.25) is 9.69 Å². The molecule has 0 aliphatic carbocycles. The van der Waals surface area contributed by atoms with E-state index in [0.717, 1.165) is 70.1 Å². The van der Waals surface area contributed by atoms with Crippen LogP contribution in [0.2, 0.25) is 0 Å². The van der Waals surface area contributed by atoms with Gasteiger partial charge in [-0.2, -0.15) is 0 Å². The fourth-order valence-corrected chi connectivity index (χ4v) is 5.86. The van der Waals surface area contributed by atoms with Crippen molar-refractivity contribution in [3.05, 3.63) is 70.2 Å². The van der Waals surface area contributed by atoms with Gasteiger partial charge >= 0.3 is 0 Å². The number of amides is 1. The number of piperidine rings is 1. The van der Waals surface area contributed by atoms with Crippen LogP contribution in [-0.2, 0) is 24.3 Å². The molecular weight excluding hydrogens is 458 g/mol. The molecule has 5 rings (SSSR count). The quantitative estimate of drug-likeness (QED) is 0.475. The molecule has 0 spiro atoms. The molecular formula is C27H35N5O2S. The summed E-state index contributed by atoms with van der Waals surface area (Å²) in [4.78, 5) is 18.6. The van der Waals surface area contributed by atoms with E-state index in [1.165, 1.54) is 10.6 Å². The predicted molar refractivity (Wildman–Crippen MR) is 139 cm³/mol. The maximum Gasteiger partial charge on any atom is 0.220 e. The summed E-state index contributed by atoms with van der Waals surface area (Å²) in [7, 11) is 0. The molecule has 0 radical (unpaired) electrons. The number of aromatic nitrogens is 1. The molecule has 2 atom stereocenters. The van der Waals surface area contributed by atoms with E-state index in [1.54, 1.807) is 11.3 Å². The minimum Gasteiger partial charge on any atom is -0.369 e. The number of nitrogens with zero attached hydrogens (tertiary/aromatic N) is 3. The zero-order valence-electron chi connectivity index (χ0n) is 20.2. The van der Waals surface area contributed by atoms with Crippen molar-refractivity contribution in [3.63, 3.8) is 0 Å². The normalized spacial score (nSPS) is 21.2. The number of piperazine rings is 1. The lowest BCUT2D eigenvalue weighted by Crippen LogP contribution is -2.45. The van der Waals surface area contributed by atoms with E-state index in [2.05, 4.69) is 68.1 Å². The Morgan fingerprint density at radius 1 is 1.11 bits per heavy atom. The van der Waals surface area contributed by atoms with Crippen molar-refractivity contribution in [2.75, 3.05) is 44.2 Å². The van der Waals surface area contributed by atoms with Gasteiger partial charge in [-0.15, -0.1) is 11.3 Å². The number of carbonyl (C=O) groups excluding carboxylic acids is 1. The summed E-state index contributed by atoms with van der Waals surface area (Å²) >= 11 is 1.68. The predicted octanol–water partition coefficient (Wildman–Crippen LogP) is 3.53. The molecule has 0 bridgehead atoms. The maximum atomic E-state index is 12.6. The first-order valence-electron chi connectivity index (χ1n) is 12.7. The molecule has 8 heteroatoms. The summed E-state index contributed by atoms with van der Waals surface area (Å²) in [6, 6.07) is 16.8. The molecule has 2 aliphatic heterocycles. The zero-order chi connectivity index (χ0) is 23.9. The monoisotopic (exact) mass is 493 g/mol. The molecule has 2 fully saturated rings. The fourth-order valence-electron chi connectivity index (χ4n) is 5.21. The molecule has 0 saturated carbocycles. The van der Waals surface area contributed by atoms with Crippen molar-refractivity contribution in [3.8, 4) is 0 Å². The Morgan fingerprint density at radius 3 is 2.77 bits per heavy atom. The molecule has 4 heterocycles. The maximum absolute atomic E-state index is 12.6. The molecule has 0 unspecified atom stereocenters. The lowest BCUT2D eigenvalue weighted by molar-refractivity contribution is -0.122. The first-order chi connectivity index (χ1) is 17.2. The molecule has 1 aromatic carbocycles. The van der Waals surface area contributed by atoms with E-state index in [9.17, 15) is 4.79 Å². The van der Waals surface area contributed by atoms with Gasteiger partial charge in [0.15, 0.2) is 5.76 Å². The van der Waals surface area contributed by atoms with E-state index >= 15 is 0 Å². The van der Waals surface area contributed by atoms with Gasteiger partial charge in [0.05, 0.1) is 18.8 Å². The molecule has 35 heavy (non-hydrogen) atoms. The molecule has 3 aromatic rings. The Hall–Kier alpha value is -2.68. The highest BCUT2D eigenvalue weighted by Gasteiger charge is 2.28. The largest absolute Gasteiger partial charge is 0.369 e. The summed E-state index contributed by atoms with van der Waals surface area (Å²) in [5.41, 5.74) is 2.30. The minimum absolute atomic E-state index is 0.144. The Kier molecular flexibility index (Phi) is 8.13. The van der Waals surface area contributed by atoms with Crippen LogP contribution in [0.4, 0.5) is 5.69 Å². The number of anilines is 1. The smallest absolute Gasteiger partial charge is 0.220 e. The van der Waals surface area contributed by atoms with E-state index in [4.69, 9.17) is 4.52 Å². The Bertz CT molecular complexity index is 1050. The van der Waals surface area contributed by atoms with Crippen LogP contribution in [0.1, 0.15) is 29.2 Å². The highest BCUT2D eigenvalue weighted by atomic mass is 32.1. The lowest BCUT2D eigenvalue weighted by Gasteiger charge is -2.35. The van der Waals surface area contributed by atoms with Gasteiger partial charge in [-0.25, -0.2) is 0 Å². The number of nitrogens with one attached hydrogen (secondary N) is 2. The molecule has 1 amide bonds. The fraction of sp³-hybridized carbons (Fsp3) is 0.481. The molecule has 2 saturated heterocycles. The number of hydrogen-bond acceptors (Lipinski definition) is 7. The van der Waals surface area contributed by atoms with Gasteiger partial charge in [0, 0.05) is 49.2 Å². The van der Waals surface area contributed by atoms with Crippen molar-refractivity contribution in [1.29, 1.82) is 0 Å². The summed E-state index contributed by atoms with van der Waals surface area (Å²) in [6.07, 6.45) is 2.45. The Labute approximate surface area is 211 Å². The van der Waals surface area contributed by atoms with Crippen LogP contribution < -0.4 is 15.5 Å². The van der Waals surface area contributed by atoms with Gasteiger partial charge in [-0.05, 0) is 61.3 Å². The van der Waals surface area contributed by atoms with Crippen molar-refractivity contribution >= 4 is 22.9 Å². The van der Waals surface area contributed by atoms with Gasteiger partial charge in [-0.1, -0.05) is 29.4 Å². The highest BCUT2D eigenvalue weighted by Crippen LogP contribution is 2.27. The Balaban J connectivity index is 1.09. The van der Waals surface area contributed by atoms with E-state index in [1.807, 2.05) is 11.4 Å². The molecule has 2 aromatic heterocycles. The van der Waals surface area contributed by atoms with Crippen molar-refractivity contribution in [2.45, 2.75) is 32.4 Å². The summed E-state index contributed by atoms with van der Waals surface area (Å²) in [5.74, 6) is 1.84. The third kappa shape index (κ3) is 6.72.